The van der Waals surface area contributed by atoms with Gasteiger partial charge in [0.2, 0.25) is 11.8 Å². The van der Waals surface area contributed by atoms with Crippen LogP contribution in [-0.4, -0.2) is 49.5 Å². The number of nitrogens with one attached hydrogen (secondary N) is 4. The van der Waals surface area contributed by atoms with Crippen LogP contribution in [0.2, 0.25) is 0 Å². The van der Waals surface area contributed by atoms with Gasteiger partial charge in [-0.1, -0.05) is 26.0 Å². The van der Waals surface area contributed by atoms with Crippen LogP contribution < -0.4 is 27.0 Å². The lowest BCUT2D eigenvalue weighted by atomic mass is 9.97. The molecular weight excluding hydrogens is 438 g/mol. The van der Waals surface area contributed by atoms with Crippen molar-refractivity contribution in [3.8, 4) is 0 Å². The van der Waals surface area contributed by atoms with Gasteiger partial charge in [-0.05, 0) is 64.3 Å². The van der Waals surface area contributed by atoms with E-state index in [1.54, 1.807) is 52.1 Å². The normalized spacial score (nSPS) is 13.0. The van der Waals surface area contributed by atoms with Gasteiger partial charge in [0, 0.05) is 12.2 Å². The van der Waals surface area contributed by atoms with E-state index in [1.807, 2.05) is 13.8 Å². The molecule has 4 amide bonds. The number of esters is 1. The molecule has 0 aromatic heterocycles. The molecule has 0 aliphatic carbocycles. The zero-order valence-electron chi connectivity index (χ0n) is 21.0. The van der Waals surface area contributed by atoms with E-state index in [1.165, 1.54) is 0 Å². The molecule has 190 valence electrons. The number of urea groups is 1. The van der Waals surface area contributed by atoms with E-state index < -0.39 is 23.5 Å². The number of primary amides is 1. The number of carbonyl (C=O) groups is 4. The summed E-state index contributed by atoms with van der Waals surface area (Å²) in [7, 11) is 1.69. The Morgan fingerprint density at radius 2 is 1.65 bits per heavy atom. The standard InChI is InChI=1S/C24H39N5O5/c1-15(2)19(26-6)21(31)29-18(8-7-13-27-23(25)33)20(30)28-17-11-9-16(10-12-17)14-34-22(32)24(3,4)5/h9-12,15,18-19,26H,7-8,13-14H2,1-6H3,(H,28,30)(H,29,31)(H3,25,27,33)/t18-,19?/m0/s1. The van der Waals surface area contributed by atoms with Gasteiger partial charge in [0.05, 0.1) is 11.5 Å². The summed E-state index contributed by atoms with van der Waals surface area (Å²) in [4.78, 5) is 48.4. The van der Waals surface area contributed by atoms with Crippen LogP contribution in [0.1, 0.15) is 53.0 Å². The summed E-state index contributed by atoms with van der Waals surface area (Å²) in [6.07, 6.45) is 0.762. The number of amides is 4. The first-order chi connectivity index (χ1) is 15.8. The smallest absolute Gasteiger partial charge is 0.312 e. The maximum Gasteiger partial charge on any atom is 0.312 e. The van der Waals surface area contributed by atoms with E-state index in [0.29, 0.717) is 18.5 Å². The largest absolute Gasteiger partial charge is 0.460 e. The Balaban J connectivity index is 2.80. The molecule has 2 atom stereocenters. The number of hydrogen-bond acceptors (Lipinski definition) is 6. The second kappa shape index (κ2) is 13.5. The zero-order valence-corrected chi connectivity index (χ0v) is 21.0. The van der Waals surface area contributed by atoms with Crippen molar-refractivity contribution in [3.63, 3.8) is 0 Å². The van der Waals surface area contributed by atoms with Gasteiger partial charge in [-0.15, -0.1) is 0 Å². The number of hydrogen-bond donors (Lipinski definition) is 5. The highest BCUT2D eigenvalue weighted by molar-refractivity contribution is 5.97. The van der Waals surface area contributed by atoms with Crippen molar-refractivity contribution in [2.24, 2.45) is 17.1 Å². The molecule has 0 spiro atoms. The lowest BCUT2D eigenvalue weighted by Crippen LogP contribution is -2.52. The molecule has 0 saturated heterocycles. The average Bonchev–Trinajstić information content (AvgIpc) is 2.74. The monoisotopic (exact) mass is 477 g/mol. The fraction of sp³-hybridized carbons (Fsp3) is 0.583. The van der Waals surface area contributed by atoms with E-state index in [9.17, 15) is 19.2 Å². The molecule has 0 bridgehead atoms. The average molecular weight is 478 g/mol. The van der Waals surface area contributed by atoms with Gasteiger partial charge < -0.3 is 31.7 Å². The quantitative estimate of drug-likeness (QED) is 0.229. The summed E-state index contributed by atoms with van der Waals surface area (Å²) in [5.74, 6) is -0.921. The lowest BCUT2D eigenvalue weighted by molar-refractivity contribution is -0.154. The molecule has 0 saturated carbocycles. The van der Waals surface area contributed by atoms with Gasteiger partial charge in [0.25, 0.3) is 0 Å². The number of likely N-dealkylation sites (N-methyl/N-ethyl adjacent to an activating group) is 1. The SMILES string of the molecule is CNC(C(=O)N[C@@H](CCCNC(N)=O)C(=O)Nc1ccc(COC(=O)C(C)(C)C)cc1)C(C)C. The first kappa shape index (κ1) is 28.9. The Bertz CT molecular complexity index is 833. The minimum atomic E-state index is -0.802. The maximum atomic E-state index is 12.9. The molecule has 0 aliphatic heterocycles. The van der Waals surface area contributed by atoms with Crippen molar-refractivity contribution in [1.82, 2.24) is 16.0 Å². The van der Waals surface area contributed by atoms with Crippen molar-refractivity contribution in [2.45, 2.75) is 66.2 Å². The summed E-state index contributed by atoms with van der Waals surface area (Å²) < 4.78 is 5.30. The summed E-state index contributed by atoms with van der Waals surface area (Å²) in [5, 5.41) is 11.0. The molecule has 1 rings (SSSR count). The van der Waals surface area contributed by atoms with Crippen LogP contribution in [0, 0.1) is 11.3 Å². The van der Waals surface area contributed by atoms with Gasteiger partial charge >= 0.3 is 12.0 Å². The Morgan fingerprint density at radius 1 is 1.03 bits per heavy atom. The second-order valence-electron chi connectivity index (χ2n) is 9.52. The Labute approximate surface area is 201 Å². The van der Waals surface area contributed by atoms with Gasteiger partial charge in [-0.2, -0.15) is 0 Å². The highest BCUT2D eigenvalue weighted by Gasteiger charge is 2.26. The molecule has 1 aromatic carbocycles. The second-order valence-corrected chi connectivity index (χ2v) is 9.52. The van der Waals surface area contributed by atoms with Crippen LogP contribution in [0.15, 0.2) is 24.3 Å². The molecule has 10 nitrogen and oxygen atoms in total. The van der Waals surface area contributed by atoms with Crippen molar-refractivity contribution >= 4 is 29.5 Å². The first-order valence-electron chi connectivity index (χ1n) is 11.4. The molecule has 1 unspecified atom stereocenters. The van der Waals surface area contributed by atoms with Crippen LogP contribution in [0.3, 0.4) is 0 Å². The van der Waals surface area contributed by atoms with Gasteiger partial charge in [-0.3, -0.25) is 14.4 Å². The third-order valence-corrected chi connectivity index (χ3v) is 5.07. The summed E-state index contributed by atoms with van der Waals surface area (Å²) in [5.41, 5.74) is 5.82. The third-order valence-electron chi connectivity index (χ3n) is 5.07. The fourth-order valence-electron chi connectivity index (χ4n) is 3.09. The number of anilines is 1. The molecule has 0 heterocycles. The van der Waals surface area contributed by atoms with E-state index >= 15 is 0 Å². The van der Waals surface area contributed by atoms with Gasteiger partial charge in [0.15, 0.2) is 0 Å². The molecule has 6 N–H and O–H groups in total. The van der Waals surface area contributed by atoms with Crippen molar-refractivity contribution < 1.29 is 23.9 Å². The molecule has 0 fully saturated rings. The first-order valence-corrected chi connectivity index (χ1v) is 11.4. The Hall–Kier alpha value is -3.14. The molecule has 34 heavy (non-hydrogen) atoms. The predicted octanol–water partition coefficient (Wildman–Crippen LogP) is 1.89. The van der Waals surface area contributed by atoms with Gasteiger partial charge in [-0.25, -0.2) is 4.79 Å². The maximum absolute atomic E-state index is 12.9. The van der Waals surface area contributed by atoms with Crippen molar-refractivity contribution in [3.05, 3.63) is 29.8 Å². The number of ether oxygens (including phenoxy) is 1. The van der Waals surface area contributed by atoms with Crippen LogP contribution in [0.25, 0.3) is 0 Å². The third kappa shape index (κ3) is 10.2. The highest BCUT2D eigenvalue weighted by atomic mass is 16.5. The minimum absolute atomic E-state index is 0.0326. The number of carbonyl (C=O) groups excluding carboxylic acids is 4. The van der Waals surface area contributed by atoms with E-state index in [2.05, 4.69) is 21.3 Å². The summed E-state index contributed by atoms with van der Waals surface area (Å²) in [6, 6.07) is 5.02. The van der Waals surface area contributed by atoms with Crippen LogP contribution in [-0.2, 0) is 25.7 Å². The molecule has 0 radical (unpaired) electrons. The molecule has 0 aliphatic rings. The number of rotatable bonds is 12. The molecular formula is C24H39N5O5. The lowest BCUT2D eigenvalue weighted by Gasteiger charge is -2.24. The van der Waals surface area contributed by atoms with E-state index in [-0.39, 0.29) is 36.9 Å². The summed E-state index contributed by atoms with van der Waals surface area (Å²) in [6.45, 7) is 9.60. The number of nitrogens with two attached hydrogens (primary N) is 1. The molecule has 10 heteroatoms. The van der Waals surface area contributed by atoms with Crippen molar-refractivity contribution in [1.29, 1.82) is 0 Å². The van der Waals surface area contributed by atoms with Crippen LogP contribution in [0.5, 0.6) is 0 Å². The number of benzene rings is 1. The Morgan fingerprint density at radius 3 is 2.15 bits per heavy atom. The predicted molar refractivity (Wildman–Crippen MR) is 131 cm³/mol. The summed E-state index contributed by atoms with van der Waals surface area (Å²) >= 11 is 0. The van der Waals surface area contributed by atoms with Gasteiger partial charge in [0.1, 0.15) is 12.6 Å². The fourth-order valence-corrected chi connectivity index (χ4v) is 3.09. The van der Waals surface area contributed by atoms with Crippen molar-refractivity contribution in [2.75, 3.05) is 18.9 Å². The van der Waals surface area contributed by atoms with Crippen LogP contribution in [0.4, 0.5) is 10.5 Å². The van der Waals surface area contributed by atoms with E-state index in [4.69, 9.17) is 10.5 Å². The van der Waals surface area contributed by atoms with E-state index in [0.717, 1.165) is 5.56 Å². The van der Waals surface area contributed by atoms with Crippen LogP contribution >= 0.6 is 0 Å². The zero-order chi connectivity index (χ0) is 25.9. The topological polar surface area (TPSA) is 152 Å². The minimum Gasteiger partial charge on any atom is -0.460 e. The highest BCUT2D eigenvalue weighted by Crippen LogP contribution is 2.17. The molecule has 1 aromatic rings. The Kier molecular flexibility index (Phi) is 11.5.